The van der Waals surface area contributed by atoms with Crippen LogP contribution in [-0.2, 0) is 4.79 Å². The van der Waals surface area contributed by atoms with E-state index in [2.05, 4.69) is 10.3 Å². The minimum atomic E-state index is -0.458. The van der Waals surface area contributed by atoms with Crippen LogP contribution < -0.4 is 11.1 Å². The third-order valence-electron chi connectivity index (χ3n) is 2.76. The van der Waals surface area contributed by atoms with Gasteiger partial charge in [0.25, 0.3) is 5.91 Å². The largest absolute Gasteiger partial charge is 0.398 e. The summed E-state index contributed by atoms with van der Waals surface area (Å²) in [6.07, 6.45) is 0. The van der Waals surface area contributed by atoms with Gasteiger partial charge in [0, 0.05) is 12.7 Å². The van der Waals surface area contributed by atoms with Crippen molar-refractivity contribution in [3.05, 3.63) is 29.3 Å². The van der Waals surface area contributed by atoms with Crippen molar-refractivity contribution in [2.45, 2.75) is 6.92 Å². The van der Waals surface area contributed by atoms with Gasteiger partial charge in [-0.1, -0.05) is 12.1 Å². The number of nitrogens with one attached hydrogen (secondary N) is 1. The Morgan fingerprint density at radius 1 is 1.50 bits per heavy atom. The Morgan fingerprint density at radius 2 is 2.22 bits per heavy atom. The maximum atomic E-state index is 12.0. The number of para-hydroxylation sites is 1. The van der Waals surface area contributed by atoms with Gasteiger partial charge in [-0.05, 0) is 18.6 Å². The Balaban J connectivity index is 2.30. The molecule has 0 unspecified atom stereocenters. The molecule has 1 heterocycles. The lowest BCUT2D eigenvalue weighted by atomic mass is 10.1. The average Bonchev–Trinajstić information content (AvgIpc) is 2.61. The fourth-order valence-corrected chi connectivity index (χ4v) is 1.69. The quantitative estimate of drug-likeness (QED) is 0.690. The molecule has 0 bridgehead atoms. The standard InChI is InChI=1S/C12H14N4O2/c1-7-4-3-5-8(10(7)13)11(18)15-12-14-9(17)6-16(12)2/h3-5H,6,13H2,1-2H3,(H,14,15,17,18). The van der Waals surface area contributed by atoms with Crippen LogP contribution in [0.1, 0.15) is 15.9 Å². The third-order valence-corrected chi connectivity index (χ3v) is 2.76. The predicted molar refractivity (Wildman–Crippen MR) is 68.1 cm³/mol. The van der Waals surface area contributed by atoms with Crippen molar-refractivity contribution in [2.75, 3.05) is 19.3 Å². The van der Waals surface area contributed by atoms with E-state index in [0.29, 0.717) is 11.3 Å². The molecule has 1 aliphatic rings. The Morgan fingerprint density at radius 3 is 2.83 bits per heavy atom. The van der Waals surface area contributed by atoms with Crippen molar-refractivity contribution < 1.29 is 9.59 Å². The number of amides is 2. The molecular weight excluding hydrogens is 232 g/mol. The van der Waals surface area contributed by atoms with Crippen LogP contribution in [0.5, 0.6) is 0 Å². The lowest BCUT2D eigenvalue weighted by Gasteiger charge is -2.09. The average molecular weight is 246 g/mol. The molecule has 6 heteroatoms. The molecule has 0 aliphatic carbocycles. The van der Waals surface area contributed by atoms with Gasteiger partial charge in [-0.2, -0.15) is 4.99 Å². The summed E-state index contributed by atoms with van der Waals surface area (Å²) in [7, 11) is 1.68. The number of nitrogen functional groups attached to an aromatic ring is 1. The highest BCUT2D eigenvalue weighted by Crippen LogP contribution is 2.17. The van der Waals surface area contributed by atoms with Crippen LogP contribution in [0, 0.1) is 6.92 Å². The fourth-order valence-electron chi connectivity index (χ4n) is 1.69. The normalized spacial score (nSPS) is 17.1. The number of hydrogen-bond acceptors (Lipinski definition) is 3. The van der Waals surface area contributed by atoms with Crippen LogP contribution in [0.2, 0.25) is 0 Å². The van der Waals surface area contributed by atoms with E-state index in [1.54, 1.807) is 24.1 Å². The van der Waals surface area contributed by atoms with Gasteiger partial charge in [0.15, 0.2) is 0 Å². The Bertz CT molecular complexity index is 551. The molecule has 18 heavy (non-hydrogen) atoms. The van der Waals surface area contributed by atoms with Gasteiger partial charge in [-0.25, -0.2) is 0 Å². The van der Waals surface area contributed by atoms with Gasteiger partial charge in [0.05, 0.1) is 12.1 Å². The summed E-state index contributed by atoms with van der Waals surface area (Å²) in [4.78, 5) is 28.6. The molecule has 1 aromatic rings. The van der Waals surface area contributed by atoms with Gasteiger partial charge in [0.1, 0.15) is 0 Å². The van der Waals surface area contributed by atoms with Crippen LogP contribution >= 0.6 is 0 Å². The first-order chi connectivity index (χ1) is 8.49. The van der Waals surface area contributed by atoms with E-state index in [1.165, 1.54) is 0 Å². The van der Waals surface area contributed by atoms with Crippen LogP contribution in [-0.4, -0.2) is 36.3 Å². The summed E-state index contributed by atoms with van der Waals surface area (Å²) in [5, 5.41) is 2.51. The molecule has 1 aliphatic heterocycles. The van der Waals surface area contributed by atoms with Crippen molar-refractivity contribution in [3.63, 3.8) is 0 Å². The fraction of sp³-hybridized carbons (Fsp3) is 0.250. The van der Waals surface area contributed by atoms with Crippen LogP contribution in [0.3, 0.4) is 0 Å². The minimum absolute atomic E-state index is 0.179. The van der Waals surface area contributed by atoms with E-state index in [0.717, 1.165) is 5.56 Å². The number of nitrogens with two attached hydrogens (primary N) is 1. The summed E-state index contributed by atoms with van der Waals surface area (Å²) in [6.45, 7) is 2.03. The Labute approximate surface area is 104 Å². The maximum Gasteiger partial charge on any atom is 0.282 e. The third kappa shape index (κ3) is 2.17. The number of aliphatic imine (C=N–C) groups is 1. The second kappa shape index (κ2) is 4.48. The van der Waals surface area contributed by atoms with Gasteiger partial charge in [0.2, 0.25) is 11.9 Å². The molecule has 94 valence electrons. The predicted octanol–water partition coefficient (Wildman–Crippen LogP) is 0.135. The molecule has 6 nitrogen and oxygen atoms in total. The first kappa shape index (κ1) is 12.1. The number of rotatable bonds is 1. The van der Waals surface area contributed by atoms with Crippen molar-refractivity contribution in [3.8, 4) is 0 Å². The summed E-state index contributed by atoms with van der Waals surface area (Å²) in [5.74, 6) is -0.382. The molecule has 1 aromatic carbocycles. The number of aryl methyl sites for hydroxylation is 1. The van der Waals surface area contributed by atoms with Gasteiger partial charge < -0.3 is 10.6 Å². The molecule has 2 rings (SSSR count). The van der Waals surface area contributed by atoms with Gasteiger partial charge >= 0.3 is 0 Å². The molecule has 2 amide bonds. The molecule has 0 radical (unpaired) electrons. The highest BCUT2D eigenvalue weighted by molar-refractivity contribution is 6.11. The number of likely N-dealkylation sites (N-methyl/N-ethyl adjacent to an activating group) is 1. The van der Waals surface area contributed by atoms with E-state index in [4.69, 9.17) is 5.73 Å². The zero-order valence-electron chi connectivity index (χ0n) is 10.2. The SMILES string of the molecule is Cc1cccc(C(=O)N=C2NC(=O)CN2C)c1N. The van der Waals surface area contributed by atoms with Crippen LogP contribution in [0.4, 0.5) is 5.69 Å². The first-order valence-corrected chi connectivity index (χ1v) is 5.48. The zero-order valence-corrected chi connectivity index (χ0v) is 10.2. The number of guanidine groups is 1. The summed E-state index contributed by atoms with van der Waals surface area (Å²) < 4.78 is 0. The molecule has 0 atom stereocenters. The molecule has 0 saturated carbocycles. The highest BCUT2D eigenvalue weighted by Gasteiger charge is 2.23. The molecular formula is C12H14N4O2. The topological polar surface area (TPSA) is 87.8 Å². The van der Waals surface area contributed by atoms with Crippen molar-refractivity contribution >= 4 is 23.5 Å². The monoisotopic (exact) mass is 246 g/mol. The number of hydrogen-bond donors (Lipinski definition) is 2. The van der Waals surface area contributed by atoms with E-state index in [-0.39, 0.29) is 18.4 Å². The van der Waals surface area contributed by atoms with E-state index >= 15 is 0 Å². The minimum Gasteiger partial charge on any atom is -0.398 e. The van der Waals surface area contributed by atoms with E-state index in [1.807, 2.05) is 13.0 Å². The van der Waals surface area contributed by atoms with Gasteiger partial charge in [-0.15, -0.1) is 0 Å². The summed E-state index contributed by atoms with van der Waals surface area (Å²) >= 11 is 0. The lowest BCUT2D eigenvalue weighted by Crippen LogP contribution is -2.28. The number of carbonyl (C=O) groups excluding carboxylic acids is 2. The van der Waals surface area contributed by atoms with Crippen LogP contribution in [0.25, 0.3) is 0 Å². The smallest absolute Gasteiger partial charge is 0.282 e. The Kier molecular flexibility index (Phi) is 3.01. The molecule has 1 fully saturated rings. The van der Waals surface area contributed by atoms with Gasteiger partial charge in [-0.3, -0.25) is 14.9 Å². The second-order valence-corrected chi connectivity index (χ2v) is 4.18. The van der Waals surface area contributed by atoms with E-state index < -0.39 is 5.91 Å². The lowest BCUT2D eigenvalue weighted by molar-refractivity contribution is -0.118. The highest BCUT2D eigenvalue weighted by atomic mass is 16.2. The molecule has 0 spiro atoms. The number of nitrogens with zero attached hydrogens (tertiary/aromatic N) is 2. The number of anilines is 1. The maximum absolute atomic E-state index is 12.0. The van der Waals surface area contributed by atoms with Crippen LogP contribution in [0.15, 0.2) is 23.2 Å². The molecule has 3 N–H and O–H groups in total. The number of carbonyl (C=O) groups is 2. The molecule has 0 aromatic heterocycles. The summed E-state index contributed by atoms with van der Waals surface area (Å²) in [6, 6.07) is 5.18. The second-order valence-electron chi connectivity index (χ2n) is 4.18. The number of benzene rings is 1. The Hall–Kier alpha value is -2.37. The molecule has 1 saturated heterocycles. The summed E-state index contributed by atoms with van der Waals surface area (Å²) in [5.41, 5.74) is 7.41. The first-order valence-electron chi connectivity index (χ1n) is 5.48. The van der Waals surface area contributed by atoms with E-state index in [9.17, 15) is 9.59 Å². The van der Waals surface area contributed by atoms with Crippen molar-refractivity contribution in [2.24, 2.45) is 4.99 Å². The van der Waals surface area contributed by atoms with Crippen molar-refractivity contribution in [1.29, 1.82) is 0 Å². The van der Waals surface area contributed by atoms with Crippen molar-refractivity contribution in [1.82, 2.24) is 10.2 Å². The zero-order chi connectivity index (χ0) is 13.3.